The van der Waals surface area contributed by atoms with Gasteiger partial charge < -0.3 is 5.11 Å². The number of sulfonamides is 1. The molecule has 0 fully saturated rings. The van der Waals surface area contributed by atoms with Crippen LogP contribution in [0.5, 0.6) is 0 Å². The van der Waals surface area contributed by atoms with E-state index in [1.54, 1.807) is 20.8 Å². The average Bonchev–Trinajstić information content (AvgIpc) is 1.97. The van der Waals surface area contributed by atoms with Gasteiger partial charge in [-0.05, 0) is 20.8 Å². The zero-order chi connectivity index (χ0) is 12.3. The molecule has 0 rings (SSSR count). The summed E-state index contributed by atoms with van der Waals surface area (Å²) in [5, 5.41) is 8.65. The Morgan fingerprint density at radius 1 is 1.47 bits per heavy atom. The molecular weight excluding hydrogens is 218 g/mol. The molecule has 0 aromatic heterocycles. The summed E-state index contributed by atoms with van der Waals surface area (Å²) in [6.07, 6.45) is 1.25. The highest BCUT2D eigenvalue weighted by Crippen LogP contribution is 2.18. The number of nitrogens with zero attached hydrogens (tertiary/aromatic N) is 1. The van der Waals surface area contributed by atoms with Gasteiger partial charge in [0.1, 0.15) is 6.54 Å². The predicted octanol–water partition coefficient (Wildman–Crippen LogP) is 0.687. The lowest BCUT2D eigenvalue weighted by molar-refractivity contribution is -0.138. The maximum absolute atomic E-state index is 11.7. The van der Waals surface area contributed by atoms with Crippen LogP contribution in [0.15, 0.2) is 12.7 Å². The second-order valence-electron chi connectivity index (χ2n) is 4.14. The van der Waals surface area contributed by atoms with Crippen molar-refractivity contribution in [2.75, 3.05) is 12.3 Å². The lowest BCUT2D eigenvalue weighted by atomic mass is 10.1. The van der Waals surface area contributed by atoms with Crippen molar-refractivity contribution in [3.05, 3.63) is 12.7 Å². The molecule has 0 atom stereocenters. The zero-order valence-corrected chi connectivity index (χ0v) is 10.0. The van der Waals surface area contributed by atoms with Crippen molar-refractivity contribution >= 4 is 16.0 Å². The lowest BCUT2D eigenvalue weighted by Crippen LogP contribution is -2.48. The largest absolute Gasteiger partial charge is 0.480 e. The molecule has 0 aliphatic carbocycles. The van der Waals surface area contributed by atoms with E-state index in [9.17, 15) is 13.2 Å². The molecule has 5 nitrogen and oxygen atoms in total. The maximum Gasteiger partial charge on any atom is 0.318 e. The standard InChI is InChI=1S/C9H17NO4S/c1-5-6-15(13,14)10(7-8(11)12)9(2,3)4/h5H,1,6-7H2,2-4H3,(H,11,12). The summed E-state index contributed by atoms with van der Waals surface area (Å²) >= 11 is 0. The molecule has 0 amide bonds. The van der Waals surface area contributed by atoms with Crippen molar-refractivity contribution in [3.63, 3.8) is 0 Å². The summed E-state index contributed by atoms with van der Waals surface area (Å²) in [6.45, 7) is 7.76. The number of hydrogen-bond acceptors (Lipinski definition) is 3. The molecule has 0 aromatic carbocycles. The fraction of sp³-hybridized carbons (Fsp3) is 0.667. The normalized spacial score (nSPS) is 12.8. The molecule has 0 bridgehead atoms. The van der Waals surface area contributed by atoms with Crippen molar-refractivity contribution < 1.29 is 18.3 Å². The van der Waals surface area contributed by atoms with E-state index in [2.05, 4.69) is 6.58 Å². The van der Waals surface area contributed by atoms with Crippen LogP contribution >= 0.6 is 0 Å². The number of hydrogen-bond donors (Lipinski definition) is 1. The van der Waals surface area contributed by atoms with Crippen LogP contribution in [0.1, 0.15) is 20.8 Å². The molecule has 0 aliphatic heterocycles. The summed E-state index contributed by atoms with van der Waals surface area (Å²) in [6, 6.07) is 0. The first kappa shape index (κ1) is 14.1. The molecule has 0 aromatic rings. The van der Waals surface area contributed by atoms with Gasteiger partial charge in [-0.3, -0.25) is 4.79 Å². The fourth-order valence-corrected chi connectivity index (χ4v) is 2.73. The van der Waals surface area contributed by atoms with Crippen LogP contribution in [0.4, 0.5) is 0 Å². The van der Waals surface area contributed by atoms with E-state index in [0.29, 0.717) is 0 Å². The monoisotopic (exact) mass is 235 g/mol. The van der Waals surface area contributed by atoms with Gasteiger partial charge in [-0.15, -0.1) is 6.58 Å². The topological polar surface area (TPSA) is 74.7 Å². The van der Waals surface area contributed by atoms with Crippen LogP contribution in [-0.4, -0.2) is 41.6 Å². The third-order valence-electron chi connectivity index (χ3n) is 1.69. The van der Waals surface area contributed by atoms with E-state index in [-0.39, 0.29) is 5.75 Å². The third kappa shape index (κ3) is 4.44. The van der Waals surface area contributed by atoms with Gasteiger partial charge in [0, 0.05) is 5.54 Å². The highest BCUT2D eigenvalue weighted by Gasteiger charge is 2.33. The Hall–Kier alpha value is -0.880. The van der Waals surface area contributed by atoms with Crippen molar-refractivity contribution in [3.8, 4) is 0 Å². The number of carbonyl (C=O) groups is 1. The molecule has 0 saturated heterocycles. The van der Waals surface area contributed by atoms with Gasteiger partial charge in [-0.1, -0.05) is 6.08 Å². The summed E-state index contributed by atoms with van der Waals surface area (Å²) in [4.78, 5) is 10.6. The lowest BCUT2D eigenvalue weighted by Gasteiger charge is -2.32. The molecule has 15 heavy (non-hydrogen) atoms. The number of carboxylic acids is 1. The van der Waals surface area contributed by atoms with E-state index in [1.807, 2.05) is 0 Å². The minimum atomic E-state index is -3.59. The molecule has 0 radical (unpaired) electrons. The van der Waals surface area contributed by atoms with Crippen LogP contribution in [0, 0.1) is 0 Å². The predicted molar refractivity (Wildman–Crippen MR) is 58.1 cm³/mol. The fourth-order valence-electron chi connectivity index (χ4n) is 1.11. The molecule has 0 aliphatic rings. The smallest absolute Gasteiger partial charge is 0.318 e. The van der Waals surface area contributed by atoms with E-state index >= 15 is 0 Å². The molecule has 0 saturated carbocycles. The maximum atomic E-state index is 11.7. The van der Waals surface area contributed by atoms with Gasteiger partial charge in [0.25, 0.3) is 0 Å². The Balaban J connectivity index is 5.11. The Kier molecular flexibility index (Phi) is 4.48. The molecule has 0 heterocycles. The van der Waals surface area contributed by atoms with Crippen molar-refractivity contribution in [1.29, 1.82) is 0 Å². The van der Waals surface area contributed by atoms with Crippen molar-refractivity contribution in [2.45, 2.75) is 26.3 Å². The van der Waals surface area contributed by atoms with Gasteiger partial charge in [0.15, 0.2) is 0 Å². The van der Waals surface area contributed by atoms with Gasteiger partial charge in [0.2, 0.25) is 10.0 Å². The summed E-state index contributed by atoms with van der Waals surface area (Å²) in [5.41, 5.74) is -0.750. The summed E-state index contributed by atoms with van der Waals surface area (Å²) in [5.74, 6) is -1.42. The first-order chi connectivity index (χ1) is 6.61. The third-order valence-corrected chi connectivity index (χ3v) is 3.70. The van der Waals surface area contributed by atoms with E-state index in [1.165, 1.54) is 6.08 Å². The number of rotatable bonds is 5. The van der Waals surface area contributed by atoms with Crippen LogP contribution < -0.4 is 0 Å². The Morgan fingerprint density at radius 2 is 1.93 bits per heavy atom. The Morgan fingerprint density at radius 3 is 2.20 bits per heavy atom. The summed E-state index contributed by atoms with van der Waals surface area (Å²) < 4.78 is 24.4. The van der Waals surface area contributed by atoms with E-state index in [4.69, 9.17) is 5.11 Å². The number of aliphatic carboxylic acids is 1. The zero-order valence-electron chi connectivity index (χ0n) is 9.23. The van der Waals surface area contributed by atoms with Crippen LogP contribution in [0.2, 0.25) is 0 Å². The molecule has 0 unspecified atom stereocenters. The van der Waals surface area contributed by atoms with Crippen LogP contribution in [0.3, 0.4) is 0 Å². The van der Waals surface area contributed by atoms with Crippen LogP contribution in [-0.2, 0) is 14.8 Å². The minimum absolute atomic E-state index is 0.252. The molecule has 1 N–H and O–H groups in total. The first-order valence-electron chi connectivity index (χ1n) is 4.44. The van der Waals surface area contributed by atoms with E-state index in [0.717, 1.165) is 4.31 Å². The second-order valence-corrected chi connectivity index (χ2v) is 6.08. The molecule has 0 spiro atoms. The second kappa shape index (κ2) is 4.76. The first-order valence-corrected chi connectivity index (χ1v) is 6.05. The Bertz CT molecular complexity index is 340. The number of carboxylic acid groups (broad SMARTS) is 1. The van der Waals surface area contributed by atoms with Crippen LogP contribution in [0.25, 0.3) is 0 Å². The van der Waals surface area contributed by atoms with Gasteiger partial charge in [-0.2, -0.15) is 4.31 Å². The van der Waals surface area contributed by atoms with Crippen molar-refractivity contribution in [2.24, 2.45) is 0 Å². The highest BCUT2D eigenvalue weighted by atomic mass is 32.2. The quantitative estimate of drug-likeness (QED) is 0.711. The average molecular weight is 235 g/mol. The van der Waals surface area contributed by atoms with Crippen molar-refractivity contribution in [1.82, 2.24) is 4.31 Å². The Labute approximate surface area is 90.4 Å². The molecule has 6 heteroatoms. The van der Waals surface area contributed by atoms with Gasteiger partial charge in [-0.25, -0.2) is 8.42 Å². The molecular formula is C9H17NO4S. The SMILES string of the molecule is C=CCS(=O)(=O)N(CC(=O)O)C(C)(C)C. The van der Waals surface area contributed by atoms with Gasteiger partial charge in [0.05, 0.1) is 5.75 Å². The van der Waals surface area contributed by atoms with Gasteiger partial charge >= 0.3 is 5.97 Å². The summed E-state index contributed by atoms with van der Waals surface area (Å²) in [7, 11) is -3.59. The van der Waals surface area contributed by atoms with E-state index < -0.39 is 28.1 Å². The molecule has 88 valence electrons. The minimum Gasteiger partial charge on any atom is -0.480 e. The highest BCUT2D eigenvalue weighted by molar-refractivity contribution is 7.89.